The quantitative estimate of drug-likeness (QED) is 0.726. The highest BCUT2D eigenvalue weighted by Gasteiger charge is 2.10. The fourth-order valence-electron chi connectivity index (χ4n) is 2.54. The Morgan fingerprint density at radius 3 is 2.56 bits per heavy atom. The van der Waals surface area contributed by atoms with E-state index >= 15 is 0 Å². The van der Waals surface area contributed by atoms with Gasteiger partial charge in [0.05, 0.1) is 5.56 Å². The first-order chi connectivity index (χ1) is 13.0. The second kappa shape index (κ2) is 8.23. The lowest BCUT2D eigenvalue weighted by Gasteiger charge is -2.09. The Bertz CT molecular complexity index is 974. The van der Waals surface area contributed by atoms with E-state index in [0.717, 1.165) is 5.56 Å². The van der Waals surface area contributed by atoms with Crippen LogP contribution in [0.15, 0.2) is 67.0 Å². The van der Waals surface area contributed by atoms with E-state index in [-0.39, 0.29) is 24.2 Å². The summed E-state index contributed by atoms with van der Waals surface area (Å²) in [5.41, 5.74) is 2.69. The van der Waals surface area contributed by atoms with Crippen LogP contribution in [0, 0.1) is 12.7 Å². The summed E-state index contributed by atoms with van der Waals surface area (Å²) >= 11 is 0. The van der Waals surface area contributed by atoms with Crippen LogP contribution in [0.1, 0.15) is 31.8 Å². The van der Waals surface area contributed by atoms with E-state index < -0.39 is 0 Å². The summed E-state index contributed by atoms with van der Waals surface area (Å²) in [7, 11) is 0. The minimum absolute atomic E-state index is 0.276. The molecule has 0 aliphatic carbocycles. The second-order valence-corrected chi connectivity index (χ2v) is 6.04. The number of halogens is 1. The lowest BCUT2D eigenvalue weighted by atomic mass is 10.1. The van der Waals surface area contributed by atoms with E-state index in [1.807, 2.05) is 0 Å². The number of amides is 2. The number of hydrogen-bond acceptors (Lipinski definition) is 3. The van der Waals surface area contributed by atoms with Gasteiger partial charge in [0.15, 0.2) is 0 Å². The van der Waals surface area contributed by atoms with Gasteiger partial charge in [-0.2, -0.15) is 0 Å². The minimum atomic E-state index is -0.303. The number of anilines is 1. The zero-order valence-corrected chi connectivity index (χ0v) is 14.7. The molecule has 3 aromatic rings. The van der Waals surface area contributed by atoms with Gasteiger partial charge in [-0.1, -0.05) is 18.2 Å². The van der Waals surface area contributed by atoms with Gasteiger partial charge in [-0.05, 0) is 54.4 Å². The molecule has 2 amide bonds. The summed E-state index contributed by atoms with van der Waals surface area (Å²) in [6.07, 6.45) is 3.06. The number of aryl methyl sites for hydroxylation is 1. The Balaban J connectivity index is 1.64. The third kappa shape index (κ3) is 4.76. The third-order valence-electron chi connectivity index (χ3n) is 3.98. The Morgan fingerprint density at radius 2 is 1.81 bits per heavy atom. The van der Waals surface area contributed by atoms with Gasteiger partial charge in [0.2, 0.25) is 0 Å². The lowest BCUT2D eigenvalue weighted by Crippen LogP contribution is -2.23. The molecule has 0 saturated heterocycles. The molecule has 0 bridgehead atoms. The summed E-state index contributed by atoms with van der Waals surface area (Å²) in [6, 6.07) is 14.7. The molecule has 3 rings (SSSR count). The smallest absolute Gasteiger partial charge is 0.257 e. The highest BCUT2D eigenvalue weighted by Crippen LogP contribution is 2.13. The molecular formula is C21H18FN3O2. The lowest BCUT2D eigenvalue weighted by molar-refractivity contribution is 0.0949. The molecule has 2 N–H and O–H groups in total. The van der Waals surface area contributed by atoms with Gasteiger partial charge in [-0.25, -0.2) is 4.39 Å². The Labute approximate surface area is 156 Å². The largest absolute Gasteiger partial charge is 0.348 e. The minimum Gasteiger partial charge on any atom is -0.348 e. The number of nitrogens with one attached hydrogen (secondary N) is 2. The fraction of sp³-hybridized carbons (Fsp3) is 0.0952. The van der Waals surface area contributed by atoms with Gasteiger partial charge >= 0.3 is 0 Å². The van der Waals surface area contributed by atoms with E-state index in [0.29, 0.717) is 22.4 Å². The average Bonchev–Trinajstić information content (AvgIpc) is 2.69. The second-order valence-electron chi connectivity index (χ2n) is 6.04. The first kappa shape index (κ1) is 18.3. The van der Waals surface area contributed by atoms with E-state index in [1.165, 1.54) is 12.3 Å². The monoisotopic (exact) mass is 363 g/mol. The zero-order valence-electron chi connectivity index (χ0n) is 14.7. The maximum atomic E-state index is 13.3. The fourth-order valence-corrected chi connectivity index (χ4v) is 2.54. The van der Waals surface area contributed by atoms with Crippen LogP contribution in [0.3, 0.4) is 0 Å². The zero-order chi connectivity index (χ0) is 19.2. The molecule has 1 aromatic heterocycles. The number of nitrogens with zero attached hydrogens (tertiary/aromatic N) is 1. The van der Waals surface area contributed by atoms with Crippen molar-refractivity contribution in [3.05, 3.63) is 95.1 Å². The molecule has 6 heteroatoms. The van der Waals surface area contributed by atoms with E-state index in [1.54, 1.807) is 61.7 Å². The molecule has 5 nitrogen and oxygen atoms in total. The molecule has 0 aliphatic rings. The molecule has 136 valence electrons. The first-order valence-electron chi connectivity index (χ1n) is 8.37. The summed E-state index contributed by atoms with van der Waals surface area (Å²) in [4.78, 5) is 28.5. The van der Waals surface area contributed by atoms with Gasteiger partial charge in [-0.3, -0.25) is 14.6 Å². The average molecular weight is 363 g/mol. The van der Waals surface area contributed by atoms with Crippen molar-refractivity contribution in [2.45, 2.75) is 13.5 Å². The molecule has 1 heterocycles. The first-order valence-corrected chi connectivity index (χ1v) is 8.37. The number of pyridine rings is 1. The standard InChI is InChI=1S/C21H18FN3O2/c1-14-10-15(7-8-19(14)22)12-24-20(26)16-4-2-6-18(11-16)25-21(27)17-5-3-9-23-13-17/h2-11,13H,12H2,1H3,(H,24,26)(H,25,27). The molecule has 0 fully saturated rings. The van der Waals surface area contributed by atoms with Crippen LogP contribution in [0.5, 0.6) is 0 Å². The van der Waals surface area contributed by atoms with Crippen molar-refractivity contribution in [1.82, 2.24) is 10.3 Å². The Morgan fingerprint density at radius 1 is 1.00 bits per heavy atom. The molecule has 0 spiro atoms. The molecule has 0 atom stereocenters. The van der Waals surface area contributed by atoms with Crippen LogP contribution in [0.25, 0.3) is 0 Å². The van der Waals surface area contributed by atoms with Crippen LogP contribution in [-0.2, 0) is 6.54 Å². The van der Waals surface area contributed by atoms with Gasteiger partial charge in [-0.15, -0.1) is 0 Å². The molecular weight excluding hydrogens is 345 g/mol. The van der Waals surface area contributed by atoms with Gasteiger partial charge in [0.25, 0.3) is 11.8 Å². The third-order valence-corrected chi connectivity index (χ3v) is 3.98. The Kier molecular flexibility index (Phi) is 5.56. The van der Waals surface area contributed by atoms with Crippen LogP contribution >= 0.6 is 0 Å². The molecule has 0 aliphatic heterocycles. The van der Waals surface area contributed by atoms with Gasteiger partial charge in [0, 0.05) is 30.2 Å². The number of rotatable bonds is 5. The van der Waals surface area contributed by atoms with Crippen LogP contribution < -0.4 is 10.6 Å². The SMILES string of the molecule is Cc1cc(CNC(=O)c2cccc(NC(=O)c3cccnc3)c2)ccc1F. The van der Waals surface area contributed by atoms with Crippen molar-refractivity contribution < 1.29 is 14.0 Å². The number of carbonyl (C=O) groups is 2. The van der Waals surface area contributed by atoms with Crippen LogP contribution in [-0.4, -0.2) is 16.8 Å². The Hall–Kier alpha value is -3.54. The molecule has 0 radical (unpaired) electrons. The summed E-state index contributed by atoms with van der Waals surface area (Å²) in [5.74, 6) is -0.862. The summed E-state index contributed by atoms with van der Waals surface area (Å²) in [6.45, 7) is 1.96. The maximum absolute atomic E-state index is 13.3. The molecule has 0 saturated carbocycles. The highest BCUT2D eigenvalue weighted by molar-refractivity contribution is 6.04. The van der Waals surface area contributed by atoms with Crippen molar-refractivity contribution in [2.24, 2.45) is 0 Å². The van der Waals surface area contributed by atoms with E-state index in [9.17, 15) is 14.0 Å². The van der Waals surface area contributed by atoms with Crippen molar-refractivity contribution in [3.8, 4) is 0 Å². The van der Waals surface area contributed by atoms with Crippen LogP contribution in [0.2, 0.25) is 0 Å². The van der Waals surface area contributed by atoms with Crippen molar-refractivity contribution in [3.63, 3.8) is 0 Å². The van der Waals surface area contributed by atoms with Crippen molar-refractivity contribution >= 4 is 17.5 Å². The van der Waals surface area contributed by atoms with Gasteiger partial charge < -0.3 is 10.6 Å². The van der Waals surface area contributed by atoms with Crippen molar-refractivity contribution in [1.29, 1.82) is 0 Å². The van der Waals surface area contributed by atoms with Crippen LogP contribution in [0.4, 0.5) is 10.1 Å². The van der Waals surface area contributed by atoms with Crippen molar-refractivity contribution in [2.75, 3.05) is 5.32 Å². The van der Waals surface area contributed by atoms with E-state index in [2.05, 4.69) is 15.6 Å². The number of benzene rings is 2. The van der Waals surface area contributed by atoms with E-state index in [4.69, 9.17) is 0 Å². The normalized spacial score (nSPS) is 10.3. The molecule has 0 unspecified atom stereocenters. The number of hydrogen-bond donors (Lipinski definition) is 2. The maximum Gasteiger partial charge on any atom is 0.257 e. The summed E-state index contributed by atoms with van der Waals surface area (Å²) < 4.78 is 13.3. The predicted octanol–water partition coefficient (Wildman–Crippen LogP) is 3.71. The predicted molar refractivity (Wildman–Crippen MR) is 101 cm³/mol. The molecule has 2 aromatic carbocycles. The topological polar surface area (TPSA) is 71.1 Å². The highest BCUT2D eigenvalue weighted by atomic mass is 19.1. The summed E-state index contributed by atoms with van der Waals surface area (Å²) in [5, 5.41) is 5.53. The number of carbonyl (C=O) groups excluding carboxylic acids is 2. The molecule has 27 heavy (non-hydrogen) atoms. The number of aromatic nitrogens is 1. The van der Waals surface area contributed by atoms with Gasteiger partial charge in [0.1, 0.15) is 5.82 Å².